The SMILES string of the molecule is CN(C)C(=O)CN1CCC(C)(C)C1=O. The van der Waals surface area contributed by atoms with Crippen molar-refractivity contribution in [3.8, 4) is 0 Å². The molecule has 80 valence electrons. The number of hydrogen-bond acceptors (Lipinski definition) is 2. The summed E-state index contributed by atoms with van der Waals surface area (Å²) in [6.45, 7) is 4.77. The molecule has 4 nitrogen and oxygen atoms in total. The molecule has 0 aromatic carbocycles. The molecule has 14 heavy (non-hydrogen) atoms. The molecule has 0 saturated carbocycles. The smallest absolute Gasteiger partial charge is 0.241 e. The van der Waals surface area contributed by atoms with Gasteiger partial charge in [0.1, 0.15) is 0 Å². The summed E-state index contributed by atoms with van der Waals surface area (Å²) in [6.07, 6.45) is 0.840. The Labute approximate surface area is 84.9 Å². The molecule has 2 amide bonds. The maximum absolute atomic E-state index is 11.7. The highest BCUT2D eigenvalue weighted by Gasteiger charge is 2.39. The van der Waals surface area contributed by atoms with Crippen molar-refractivity contribution in [1.29, 1.82) is 0 Å². The third-order valence-electron chi connectivity index (χ3n) is 2.70. The minimum absolute atomic E-state index is 0.0175. The van der Waals surface area contributed by atoms with E-state index in [1.165, 1.54) is 4.90 Å². The van der Waals surface area contributed by atoms with Crippen molar-refractivity contribution in [3.63, 3.8) is 0 Å². The van der Waals surface area contributed by atoms with Crippen LogP contribution in [-0.2, 0) is 9.59 Å². The third kappa shape index (κ3) is 2.05. The van der Waals surface area contributed by atoms with Crippen LogP contribution in [0.5, 0.6) is 0 Å². The van der Waals surface area contributed by atoms with Crippen molar-refractivity contribution < 1.29 is 9.59 Å². The fraction of sp³-hybridized carbons (Fsp3) is 0.800. The summed E-state index contributed by atoms with van der Waals surface area (Å²) in [5.74, 6) is 0.0729. The fourth-order valence-electron chi connectivity index (χ4n) is 1.51. The van der Waals surface area contributed by atoms with Crippen LogP contribution in [0.15, 0.2) is 0 Å². The molecule has 4 heteroatoms. The van der Waals surface area contributed by atoms with Crippen molar-refractivity contribution >= 4 is 11.8 Å². The van der Waals surface area contributed by atoms with Gasteiger partial charge < -0.3 is 9.80 Å². The zero-order chi connectivity index (χ0) is 10.9. The summed E-state index contributed by atoms with van der Waals surface area (Å²) < 4.78 is 0. The van der Waals surface area contributed by atoms with E-state index in [4.69, 9.17) is 0 Å². The molecule has 1 fully saturated rings. The van der Waals surface area contributed by atoms with Crippen LogP contribution in [0, 0.1) is 5.41 Å². The van der Waals surface area contributed by atoms with Crippen LogP contribution >= 0.6 is 0 Å². The molecule has 0 aromatic heterocycles. The second-order valence-corrected chi connectivity index (χ2v) is 4.65. The van der Waals surface area contributed by atoms with E-state index in [1.807, 2.05) is 13.8 Å². The van der Waals surface area contributed by atoms with Gasteiger partial charge in [-0.2, -0.15) is 0 Å². The molecule has 1 saturated heterocycles. The van der Waals surface area contributed by atoms with Gasteiger partial charge in [-0.3, -0.25) is 9.59 Å². The molecule has 0 unspecified atom stereocenters. The molecule has 0 N–H and O–H groups in total. The Balaban J connectivity index is 2.57. The summed E-state index contributed by atoms with van der Waals surface area (Å²) in [5, 5.41) is 0. The highest BCUT2D eigenvalue weighted by atomic mass is 16.2. The van der Waals surface area contributed by atoms with E-state index < -0.39 is 0 Å². The van der Waals surface area contributed by atoms with Gasteiger partial charge in [0.05, 0.1) is 6.54 Å². The van der Waals surface area contributed by atoms with Gasteiger partial charge in [-0.25, -0.2) is 0 Å². The number of likely N-dealkylation sites (N-methyl/N-ethyl adjacent to an activating group) is 1. The van der Waals surface area contributed by atoms with Crippen molar-refractivity contribution in [3.05, 3.63) is 0 Å². The number of nitrogens with zero attached hydrogens (tertiary/aromatic N) is 2. The largest absolute Gasteiger partial charge is 0.347 e. The van der Waals surface area contributed by atoms with Gasteiger partial charge in [-0.15, -0.1) is 0 Å². The molecule has 1 heterocycles. The van der Waals surface area contributed by atoms with Crippen LogP contribution in [-0.4, -0.2) is 48.8 Å². The van der Waals surface area contributed by atoms with Crippen LogP contribution in [0.2, 0.25) is 0 Å². The predicted octanol–water partition coefficient (Wildman–Crippen LogP) is 0.333. The molecular formula is C10H18N2O2. The lowest BCUT2D eigenvalue weighted by Crippen LogP contribution is -2.39. The van der Waals surface area contributed by atoms with Crippen molar-refractivity contribution in [1.82, 2.24) is 9.80 Å². The summed E-state index contributed by atoms with van der Waals surface area (Å²) in [6, 6.07) is 0. The summed E-state index contributed by atoms with van der Waals surface area (Å²) in [5.41, 5.74) is -0.285. The van der Waals surface area contributed by atoms with Gasteiger partial charge in [0.15, 0.2) is 0 Å². The Morgan fingerprint density at radius 1 is 1.50 bits per heavy atom. The standard InChI is InChI=1S/C10H18N2O2/c1-10(2)5-6-12(9(10)14)7-8(13)11(3)4/h5-7H2,1-4H3. The first kappa shape index (κ1) is 11.0. The highest BCUT2D eigenvalue weighted by molar-refractivity contribution is 5.88. The van der Waals surface area contributed by atoms with E-state index in [0.29, 0.717) is 6.54 Å². The van der Waals surface area contributed by atoms with Crippen LogP contribution in [0.4, 0.5) is 0 Å². The summed E-state index contributed by atoms with van der Waals surface area (Å²) in [4.78, 5) is 26.3. The summed E-state index contributed by atoms with van der Waals surface area (Å²) >= 11 is 0. The van der Waals surface area contributed by atoms with E-state index in [2.05, 4.69) is 0 Å². The Hall–Kier alpha value is -1.06. The molecule has 1 aliphatic heterocycles. The molecular weight excluding hydrogens is 180 g/mol. The zero-order valence-electron chi connectivity index (χ0n) is 9.33. The normalized spacial score (nSPS) is 20.0. The van der Waals surface area contributed by atoms with Crippen molar-refractivity contribution in [2.24, 2.45) is 5.41 Å². The third-order valence-corrected chi connectivity index (χ3v) is 2.70. The molecule has 0 atom stereocenters. The average Bonchev–Trinajstić information content (AvgIpc) is 2.32. The van der Waals surface area contributed by atoms with E-state index in [1.54, 1.807) is 19.0 Å². The number of likely N-dealkylation sites (tertiary alicyclic amines) is 1. The molecule has 0 spiro atoms. The number of amides is 2. The number of rotatable bonds is 2. The maximum atomic E-state index is 11.7. The Morgan fingerprint density at radius 3 is 2.43 bits per heavy atom. The van der Waals surface area contributed by atoms with Crippen LogP contribution in [0.1, 0.15) is 20.3 Å². The first-order valence-corrected chi connectivity index (χ1v) is 4.84. The topological polar surface area (TPSA) is 40.6 Å². The van der Waals surface area contributed by atoms with E-state index in [9.17, 15) is 9.59 Å². The monoisotopic (exact) mass is 198 g/mol. The molecule has 1 rings (SSSR count). The fourth-order valence-corrected chi connectivity index (χ4v) is 1.51. The van der Waals surface area contributed by atoms with Crippen molar-refractivity contribution in [2.75, 3.05) is 27.2 Å². The minimum Gasteiger partial charge on any atom is -0.347 e. The minimum atomic E-state index is -0.285. The molecule has 0 radical (unpaired) electrons. The van der Waals surface area contributed by atoms with Crippen LogP contribution in [0.25, 0.3) is 0 Å². The predicted molar refractivity (Wildman–Crippen MR) is 53.7 cm³/mol. The van der Waals surface area contributed by atoms with Crippen LogP contribution < -0.4 is 0 Å². The zero-order valence-corrected chi connectivity index (χ0v) is 9.33. The van der Waals surface area contributed by atoms with Crippen LogP contribution in [0.3, 0.4) is 0 Å². The molecule has 0 bridgehead atoms. The van der Waals surface area contributed by atoms with E-state index in [0.717, 1.165) is 6.42 Å². The highest BCUT2D eigenvalue weighted by Crippen LogP contribution is 2.30. The quantitative estimate of drug-likeness (QED) is 0.641. The lowest BCUT2D eigenvalue weighted by molar-refractivity contribution is -0.140. The second-order valence-electron chi connectivity index (χ2n) is 4.65. The van der Waals surface area contributed by atoms with E-state index >= 15 is 0 Å². The number of hydrogen-bond donors (Lipinski definition) is 0. The lowest BCUT2D eigenvalue weighted by atomic mass is 9.92. The molecule has 1 aliphatic rings. The second kappa shape index (κ2) is 3.59. The lowest BCUT2D eigenvalue weighted by Gasteiger charge is -2.20. The summed E-state index contributed by atoms with van der Waals surface area (Å²) in [7, 11) is 3.40. The van der Waals surface area contributed by atoms with Gasteiger partial charge >= 0.3 is 0 Å². The Morgan fingerprint density at radius 2 is 2.07 bits per heavy atom. The van der Waals surface area contributed by atoms with Gasteiger partial charge in [0.2, 0.25) is 11.8 Å². The molecule has 0 aliphatic carbocycles. The van der Waals surface area contributed by atoms with Gasteiger partial charge in [-0.05, 0) is 6.42 Å². The number of carbonyl (C=O) groups is 2. The van der Waals surface area contributed by atoms with Gasteiger partial charge in [0, 0.05) is 26.1 Å². The Bertz CT molecular complexity index is 259. The van der Waals surface area contributed by atoms with Gasteiger partial charge in [0.25, 0.3) is 0 Å². The maximum Gasteiger partial charge on any atom is 0.241 e. The average molecular weight is 198 g/mol. The van der Waals surface area contributed by atoms with E-state index in [-0.39, 0.29) is 23.8 Å². The van der Waals surface area contributed by atoms with Gasteiger partial charge in [-0.1, -0.05) is 13.8 Å². The first-order chi connectivity index (χ1) is 6.34. The first-order valence-electron chi connectivity index (χ1n) is 4.84. The van der Waals surface area contributed by atoms with Crippen molar-refractivity contribution in [2.45, 2.75) is 20.3 Å². The number of carbonyl (C=O) groups excluding carboxylic acids is 2. The Kier molecular flexibility index (Phi) is 2.83. The molecule has 0 aromatic rings.